The van der Waals surface area contributed by atoms with Crippen molar-refractivity contribution in [1.82, 2.24) is 0 Å². The first-order chi connectivity index (χ1) is 9.78. The lowest BCUT2D eigenvalue weighted by atomic mass is 9.97. The third kappa shape index (κ3) is 2.77. The summed E-state index contributed by atoms with van der Waals surface area (Å²) >= 11 is 1.93. The zero-order valence-electron chi connectivity index (χ0n) is 11.9. The van der Waals surface area contributed by atoms with Crippen molar-refractivity contribution in [2.24, 2.45) is 5.73 Å². The Bertz CT molecular complexity index is 568. The minimum absolute atomic E-state index is 0.115. The van der Waals surface area contributed by atoms with E-state index in [-0.39, 0.29) is 6.04 Å². The summed E-state index contributed by atoms with van der Waals surface area (Å²) in [5.41, 5.74) is 10.7. The molecule has 1 aliphatic heterocycles. The van der Waals surface area contributed by atoms with Crippen LogP contribution in [0.15, 0.2) is 53.4 Å². The van der Waals surface area contributed by atoms with Crippen LogP contribution < -0.4 is 5.73 Å². The van der Waals surface area contributed by atoms with Crippen LogP contribution in [0.1, 0.15) is 36.1 Å². The first-order valence-electron chi connectivity index (χ1n) is 7.37. The normalized spacial score (nSPS) is 18.8. The van der Waals surface area contributed by atoms with Crippen LogP contribution in [-0.2, 0) is 12.8 Å². The van der Waals surface area contributed by atoms with E-state index in [1.54, 1.807) is 0 Å². The van der Waals surface area contributed by atoms with Gasteiger partial charge < -0.3 is 5.73 Å². The summed E-state index contributed by atoms with van der Waals surface area (Å²) in [6, 6.07) is 17.6. The second-order valence-electron chi connectivity index (χ2n) is 5.49. The highest BCUT2D eigenvalue weighted by Gasteiger charge is 2.28. The molecule has 1 aliphatic rings. The molecular formula is C18H21NS. The molecule has 1 heterocycles. The molecule has 0 bridgehead atoms. The van der Waals surface area contributed by atoms with E-state index in [2.05, 4.69) is 55.5 Å². The number of fused-ring (bicyclic) bond motifs is 1. The molecule has 2 atom stereocenters. The topological polar surface area (TPSA) is 26.0 Å². The van der Waals surface area contributed by atoms with E-state index < -0.39 is 0 Å². The van der Waals surface area contributed by atoms with Gasteiger partial charge in [-0.1, -0.05) is 55.8 Å². The fourth-order valence-electron chi connectivity index (χ4n) is 2.87. The maximum Gasteiger partial charge on any atom is 0.0422 e. The van der Waals surface area contributed by atoms with Gasteiger partial charge in [-0.25, -0.2) is 0 Å². The number of rotatable bonds is 4. The molecule has 104 valence electrons. The van der Waals surface area contributed by atoms with Gasteiger partial charge in [-0.15, -0.1) is 11.8 Å². The van der Waals surface area contributed by atoms with Crippen LogP contribution in [0, 0.1) is 0 Å². The van der Waals surface area contributed by atoms with Gasteiger partial charge in [0.25, 0.3) is 0 Å². The van der Waals surface area contributed by atoms with Gasteiger partial charge in [0.05, 0.1) is 0 Å². The summed E-state index contributed by atoms with van der Waals surface area (Å²) in [6.07, 6.45) is 3.40. The number of aryl methyl sites for hydroxylation is 1. The fraction of sp³-hybridized carbons (Fsp3) is 0.333. The molecular weight excluding hydrogens is 262 g/mol. The number of hydrogen-bond acceptors (Lipinski definition) is 2. The molecule has 0 aromatic heterocycles. The lowest BCUT2D eigenvalue weighted by molar-refractivity contribution is 0.676. The lowest BCUT2D eigenvalue weighted by Crippen LogP contribution is -2.23. The van der Waals surface area contributed by atoms with Crippen LogP contribution in [0.2, 0.25) is 0 Å². The molecule has 0 spiro atoms. The van der Waals surface area contributed by atoms with Crippen molar-refractivity contribution < 1.29 is 0 Å². The van der Waals surface area contributed by atoms with Crippen LogP contribution in [-0.4, -0.2) is 5.25 Å². The van der Waals surface area contributed by atoms with Crippen molar-refractivity contribution in [2.75, 3.05) is 0 Å². The Morgan fingerprint density at radius 3 is 2.85 bits per heavy atom. The van der Waals surface area contributed by atoms with Crippen LogP contribution in [0.25, 0.3) is 0 Å². The van der Waals surface area contributed by atoms with Gasteiger partial charge in [-0.05, 0) is 35.6 Å². The van der Waals surface area contributed by atoms with E-state index in [0.717, 1.165) is 12.8 Å². The van der Waals surface area contributed by atoms with E-state index in [1.807, 2.05) is 11.8 Å². The second-order valence-corrected chi connectivity index (χ2v) is 6.77. The molecule has 0 radical (unpaired) electrons. The third-order valence-electron chi connectivity index (χ3n) is 3.95. The van der Waals surface area contributed by atoms with E-state index in [1.165, 1.54) is 28.0 Å². The van der Waals surface area contributed by atoms with Gasteiger partial charge in [-0.2, -0.15) is 0 Å². The molecule has 0 fully saturated rings. The average Bonchev–Trinajstić information content (AvgIpc) is 2.91. The van der Waals surface area contributed by atoms with Gasteiger partial charge >= 0.3 is 0 Å². The number of benzene rings is 2. The van der Waals surface area contributed by atoms with Crippen molar-refractivity contribution >= 4 is 11.8 Å². The Hall–Kier alpha value is -1.25. The van der Waals surface area contributed by atoms with E-state index >= 15 is 0 Å². The number of thioether (sulfide) groups is 1. The van der Waals surface area contributed by atoms with Gasteiger partial charge in [0, 0.05) is 16.2 Å². The van der Waals surface area contributed by atoms with E-state index in [9.17, 15) is 0 Å². The molecule has 3 rings (SSSR count). The van der Waals surface area contributed by atoms with Crippen molar-refractivity contribution in [3.05, 3.63) is 65.2 Å². The fourth-order valence-corrected chi connectivity index (χ4v) is 4.22. The lowest BCUT2D eigenvalue weighted by Gasteiger charge is -2.19. The van der Waals surface area contributed by atoms with Crippen molar-refractivity contribution in [1.29, 1.82) is 0 Å². The highest BCUT2D eigenvalue weighted by atomic mass is 32.2. The first-order valence-corrected chi connectivity index (χ1v) is 8.25. The van der Waals surface area contributed by atoms with Crippen LogP contribution in [0.3, 0.4) is 0 Å². The van der Waals surface area contributed by atoms with E-state index in [4.69, 9.17) is 5.73 Å². The molecule has 2 unspecified atom stereocenters. The Kier molecular flexibility index (Phi) is 4.13. The molecule has 2 heteroatoms. The SMILES string of the molecule is CCCc1cccc(C(N)C2Cc3ccccc3S2)c1. The zero-order valence-corrected chi connectivity index (χ0v) is 12.7. The highest BCUT2D eigenvalue weighted by molar-refractivity contribution is 8.00. The van der Waals surface area contributed by atoms with E-state index in [0.29, 0.717) is 5.25 Å². The zero-order chi connectivity index (χ0) is 13.9. The maximum atomic E-state index is 6.52. The van der Waals surface area contributed by atoms with Gasteiger partial charge in [0.15, 0.2) is 0 Å². The quantitative estimate of drug-likeness (QED) is 0.902. The Morgan fingerprint density at radius 1 is 1.20 bits per heavy atom. The molecule has 0 aliphatic carbocycles. The average molecular weight is 283 g/mol. The molecule has 0 saturated carbocycles. The third-order valence-corrected chi connectivity index (χ3v) is 5.36. The molecule has 2 aromatic carbocycles. The van der Waals surface area contributed by atoms with Crippen molar-refractivity contribution in [2.45, 2.75) is 42.4 Å². The number of nitrogens with two attached hydrogens (primary N) is 1. The van der Waals surface area contributed by atoms with Gasteiger partial charge in [-0.3, -0.25) is 0 Å². The highest BCUT2D eigenvalue weighted by Crippen LogP contribution is 2.41. The van der Waals surface area contributed by atoms with Crippen LogP contribution in [0.5, 0.6) is 0 Å². The predicted molar refractivity (Wildman–Crippen MR) is 87.2 cm³/mol. The summed E-state index contributed by atoms with van der Waals surface area (Å²) in [5, 5.41) is 0.462. The summed E-state index contributed by atoms with van der Waals surface area (Å²) in [4.78, 5) is 1.40. The van der Waals surface area contributed by atoms with Gasteiger partial charge in [0.1, 0.15) is 0 Å². The molecule has 1 nitrogen and oxygen atoms in total. The minimum atomic E-state index is 0.115. The summed E-state index contributed by atoms with van der Waals surface area (Å²) < 4.78 is 0. The Labute approximate surface area is 125 Å². The Balaban J connectivity index is 1.77. The van der Waals surface area contributed by atoms with Crippen molar-refractivity contribution in [3.8, 4) is 0 Å². The van der Waals surface area contributed by atoms with Crippen molar-refractivity contribution in [3.63, 3.8) is 0 Å². The predicted octanol–water partition coefficient (Wildman–Crippen LogP) is 4.36. The molecule has 20 heavy (non-hydrogen) atoms. The monoisotopic (exact) mass is 283 g/mol. The summed E-state index contributed by atoms with van der Waals surface area (Å²) in [6.45, 7) is 2.22. The first kappa shape index (κ1) is 13.7. The Morgan fingerprint density at radius 2 is 2.05 bits per heavy atom. The summed E-state index contributed by atoms with van der Waals surface area (Å²) in [5.74, 6) is 0. The molecule has 2 aromatic rings. The molecule has 0 amide bonds. The van der Waals surface area contributed by atoms with Crippen LogP contribution in [0.4, 0.5) is 0 Å². The molecule has 2 N–H and O–H groups in total. The second kappa shape index (κ2) is 6.02. The number of hydrogen-bond donors (Lipinski definition) is 1. The van der Waals surface area contributed by atoms with Gasteiger partial charge in [0.2, 0.25) is 0 Å². The summed E-state index contributed by atoms with van der Waals surface area (Å²) in [7, 11) is 0. The van der Waals surface area contributed by atoms with Crippen LogP contribution >= 0.6 is 11.8 Å². The maximum absolute atomic E-state index is 6.52. The largest absolute Gasteiger partial charge is 0.323 e. The smallest absolute Gasteiger partial charge is 0.0422 e. The molecule has 0 saturated heterocycles. The standard InChI is InChI=1S/C18H21NS/c1-2-6-13-7-5-9-15(11-13)18(19)17-12-14-8-3-4-10-16(14)20-17/h3-5,7-11,17-18H,2,6,12,19H2,1H3. The minimum Gasteiger partial charge on any atom is -0.323 e.